The Kier molecular flexibility index (Phi) is 1.73. The van der Waals surface area contributed by atoms with Crippen LogP contribution in [0.3, 0.4) is 0 Å². The maximum atomic E-state index is 4.56. The highest BCUT2D eigenvalue weighted by Gasteiger charge is 2.19. The number of fused-ring (bicyclic) bond motifs is 1. The molecular formula is C10H12N4. The predicted molar refractivity (Wildman–Crippen MR) is 53.2 cm³/mol. The third-order valence-corrected chi connectivity index (χ3v) is 2.76. The number of nitrogens with one attached hydrogen (secondary N) is 1. The third kappa shape index (κ3) is 1.19. The lowest BCUT2D eigenvalue weighted by atomic mass is 10.1. The summed E-state index contributed by atoms with van der Waals surface area (Å²) >= 11 is 0. The van der Waals surface area contributed by atoms with Crippen molar-refractivity contribution in [2.24, 2.45) is 0 Å². The van der Waals surface area contributed by atoms with Gasteiger partial charge in [-0.2, -0.15) is 0 Å². The summed E-state index contributed by atoms with van der Waals surface area (Å²) < 4.78 is 2.03. The van der Waals surface area contributed by atoms with E-state index in [1.165, 1.54) is 12.1 Å². The summed E-state index contributed by atoms with van der Waals surface area (Å²) in [6.07, 6.45) is 8.82. The predicted octanol–water partition coefficient (Wildman–Crippen LogP) is 0.806. The number of imidazole rings is 1. The molecule has 0 aliphatic carbocycles. The average molecular weight is 188 g/mol. The first-order chi connectivity index (χ1) is 6.93. The zero-order chi connectivity index (χ0) is 9.38. The lowest BCUT2D eigenvalue weighted by Crippen LogP contribution is -2.07. The quantitative estimate of drug-likeness (QED) is 0.720. The molecule has 1 N–H and O–H groups in total. The molecule has 1 unspecified atom stereocenters. The molecule has 1 fully saturated rings. The Morgan fingerprint density at radius 2 is 2.50 bits per heavy atom. The Morgan fingerprint density at radius 3 is 3.29 bits per heavy atom. The Labute approximate surface area is 82.0 Å². The highest BCUT2D eigenvalue weighted by Crippen LogP contribution is 2.21. The van der Waals surface area contributed by atoms with Gasteiger partial charge in [0, 0.05) is 31.1 Å². The van der Waals surface area contributed by atoms with Gasteiger partial charge in [-0.1, -0.05) is 0 Å². The lowest BCUT2D eigenvalue weighted by molar-refractivity contribution is 0.741. The first-order valence-electron chi connectivity index (χ1n) is 4.93. The largest absolute Gasteiger partial charge is 0.316 e. The highest BCUT2D eigenvalue weighted by atomic mass is 15.0. The standard InChI is InChI=1S/C10H12N4/c1-2-11-5-8(1)9-7-14-4-3-12-6-10(14)13-9/h3-4,6-8,11H,1-2,5H2. The molecule has 1 saturated heterocycles. The molecule has 3 heterocycles. The lowest BCUT2D eigenvalue weighted by Gasteiger charge is -2.01. The van der Waals surface area contributed by atoms with Gasteiger partial charge in [0.2, 0.25) is 0 Å². The van der Waals surface area contributed by atoms with E-state index in [1.54, 1.807) is 12.4 Å². The van der Waals surface area contributed by atoms with Crippen LogP contribution >= 0.6 is 0 Å². The van der Waals surface area contributed by atoms with Gasteiger partial charge in [0.15, 0.2) is 5.65 Å². The van der Waals surface area contributed by atoms with Crippen molar-refractivity contribution in [3.63, 3.8) is 0 Å². The van der Waals surface area contributed by atoms with Crippen molar-refractivity contribution in [3.05, 3.63) is 30.5 Å². The summed E-state index contributed by atoms with van der Waals surface area (Å²) in [5, 5.41) is 3.35. The molecule has 72 valence electrons. The fraction of sp³-hybridized carbons (Fsp3) is 0.400. The van der Waals surface area contributed by atoms with Gasteiger partial charge < -0.3 is 9.72 Å². The van der Waals surface area contributed by atoms with Crippen molar-refractivity contribution < 1.29 is 0 Å². The number of hydrogen-bond acceptors (Lipinski definition) is 3. The van der Waals surface area contributed by atoms with Gasteiger partial charge in [-0.25, -0.2) is 4.98 Å². The van der Waals surface area contributed by atoms with Crippen LogP contribution in [0.2, 0.25) is 0 Å². The van der Waals surface area contributed by atoms with Crippen LogP contribution in [0, 0.1) is 0 Å². The maximum absolute atomic E-state index is 4.56. The summed E-state index contributed by atoms with van der Waals surface area (Å²) in [5.74, 6) is 0.579. The summed E-state index contributed by atoms with van der Waals surface area (Å²) in [4.78, 5) is 8.61. The average Bonchev–Trinajstić information content (AvgIpc) is 2.86. The Balaban J connectivity index is 2.05. The van der Waals surface area contributed by atoms with Crippen LogP contribution in [-0.4, -0.2) is 27.5 Å². The van der Waals surface area contributed by atoms with Crippen molar-refractivity contribution in [1.82, 2.24) is 19.7 Å². The number of rotatable bonds is 1. The minimum atomic E-state index is 0.579. The van der Waals surface area contributed by atoms with E-state index in [2.05, 4.69) is 21.5 Å². The van der Waals surface area contributed by atoms with Gasteiger partial charge in [0.1, 0.15) is 0 Å². The fourth-order valence-corrected chi connectivity index (χ4v) is 1.97. The normalized spacial score (nSPS) is 21.9. The minimum Gasteiger partial charge on any atom is -0.316 e. The third-order valence-electron chi connectivity index (χ3n) is 2.76. The molecule has 0 aromatic carbocycles. The summed E-state index contributed by atoms with van der Waals surface area (Å²) in [7, 11) is 0. The molecule has 4 heteroatoms. The molecule has 2 aromatic rings. The number of nitrogens with zero attached hydrogens (tertiary/aromatic N) is 3. The minimum absolute atomic E-state index is 0.579. The van der Waals surface area contributed by atoms with Crippen LogP contribution in [0.1, 0.15) is 18.0 Å². The van der Waals surface area contributed by atoms with Gasteiger partial charge in [0.25, 0.3) is 0 Å². The first-order valence-corrected chi connectivity index (χ1v) is 4.93. The van der Waals surface area contributed by atoms with Crippen molar-refractivity contribution in [3.8, 4) is 0 Å². The van der Waals surface area contributed by atoms with E-state index in [0.717, 1.165) is 18.7 Å². The molecule has 0 amide bonds. The molecule has 4 nitrogen and oxygen atoms in total. The molecule has 14 heavy (non-hydrogen) atoms. The van der Waals surface area contributed by atoms with Gasteiger partial charge in [-0.15, -0.1) is 0 Å². The zero-order valence-corrected chi connectivity index (χ0v) is 7.85. The topological polar surface area (TPSA) is 42.2 Å². The molecular weight excluding hydrogens is 176 g/mol. The highest BCUT2D eigenvalue weighted by molar-refractivity contribution is 5.37. The molecule has 1 aliphatic rings. The van der Waals surface area contributed by atoms with E-state index in [4.69, 9.17) is 0 Å². The van der Waals surface area contributed by atoms with E-state index in [1.807, 2.05) is 10.6 Å². The van der Waals surface area contributed by atoms with E-state index >= 15 is 0 Å². The molecule has 1 aliphatic heterocycles. The van der Waals surface area contributed by atoms with Gasteiger partial charge in [-0.05, 0) is 13.0 Å². The van der Waals surface area contributed by atoms with Gasteiger partial charge in [0.05, 0.1) is 11.9 Å². The summed E-state index contributed by atoms with van der Waals surface area (Å²) in [6.45, 7) is 2.16. The Morgan fingerprint density at radius 1 is 1.50 bits per heavy atom. The molecule has 0 spiro atoms. The smallest absolute Gasteiger partial charge is 0.155 e. The molecule has 1 atom stereocenters. The van der Waals surface area contributed by atoms with Crippen molar-refractivity contribution in [2.45, 2.75) is 12.3 Å². The van der Waals surface area contributed by atoms with E-state index in [0.29, 0.717) is 5.92 Å². The maximum Gasteiger partial charge on any atom is 0.155 e. The Bertz CT molecular complexity index is 409. The van der Waals surface area contributed by atoms with Crippen LogP contribution in [0.5, 0.6) is 0 Å². The van der Waals surface area contributed by atoms with E-state index in [9.17, 15) is 0 Å². The molecule has 3 rings (SSSR count). The second-order valence-corrected chi connectivity index (χ2v) is 3.70. The summed E-state index contributed by atoms with van der Waals surface area (Å²) in [6, 6.07) is 0. The monoisotopic (exact) mass is 188 g/mol. The van der Waals surface area contributed by atoms with E-state index in [-0.39, 0.29) is 0 Å². The molecule has 0 radical (unpaired) electrons. The fourth-order valence-electron chi connectivity index (χ4n) is 1.97. The zero-order valence-electron chi connectivity index (χ0n) is 7.85. The van der Waals surface area contributed by atoms with Crippen molar-refractivity contribution >= 4 is 5.65 Å². The number of aromatic nitrogens is 3. The number of hydrogen-bond donors (Lipinski definition) is 1. The molecule has 2 aromatic heterocycles. The van der Waals surface area contributed by atoms with Crippen molar-refractivity contribution in [1.29, 1.82) is 0 Å². The van der Waals surface area contributed by atoms with Crippen LogP contribution in [0.15, 0.2) is 24.8 Å². The van der Waals surface area contributed by atoms with E-state index < -0.39 is 0 Å². The second kappa shape index (κ2) is 3.06. The second-order valence-electron chi connectivity index (χ2n) is 3.70. The van der Waals surface area contributed by atoms with Crippen LogP contribution in [0.4, 0.5) is 0 Å². The van der Waals surface area contributed by atoms with Crippen LogP contribution in [0.25, 0.3) is 5.65 Å². The molecule has 0 bridgehead atoms. The van der Waals surface area contributed by atoms with Gasteiger partial charge >= 0.3 is 0 Å². The first kappa shape index (κ1) is 7.94. The van der Waals surface area contributed by atoms with Crippen LogP contribution < -0.4 is 5.32 Å². The molecule has 0 saturated carbocycles. The van der Waals surface area contributed by atoms with Crippen molar-refractivity contribution in [2.75, 3.05) is 13.1 Å². The SMILES string of the molecule is c1cn2cc(C3CCNC3)nc2cn1. The van der Waals surface area contributed by atoms with Gasteiger partial charge in [-0.3, -0.25) is 4.98 Å². The van der Waals surface area contributed by atoms with Crippen LogP contribution in [-0.2, 0) is 0 Å². The Hall–Kier alpha value is -1.42. The summed E-state index contributed by atoms with van der Waals surface area (Å²) in [5.41, 5.74) is 2.12.